The van der Waals surface area contributed by atoms with Crippen molar-refractivity contribution in [3.63, 3.8) is 0 Å². The van der Waals surface area contributed by atoms with Crippen LogP contribution < -0.4 is 0 Å². The van der Waals surface area contributed by atoms with Gasteiger partial charge in [-0.15, -0.1) is 0 Å². The molecule has 0 aliphatic heterocycles. The Labute approximate surface area is 101 Å². The molecule has 1 heterocycles. The molecule has 0 amide bonds. The van der Waals surface area contributed by atoms with Crippen LogP contribution in [0.2, 0.25) is 0 Å². The minimum absolute atomic E-state index is 0.336. The van der Waals surface area contributed by atoms with Crippen molar-refractivity contribution in [2.24, 2.45) is 0 Å². The van der Waals surface area contributed by atoms with E-state index in [9.17, 15) is 9.50 Å². The van der Waals surface area contributed by atoms with E-state index in [4.69, 9.17) is 4.42 Å². The molecule has 4 heteroatoms. The quantitative estimate of drug-likeness (QED) is 0.937. The first-order chi connectivity index (χ1) is 7.65. The predicted octanol–water partition coefficient (Wildman–Crippen LogP) is 3.46. The number of aliphatic hydroxyl groups is 1. The molecule has 0 saturated carbocycles. The highest BCUT2D eigenvalue weighted by Gasteiger charge is 2.12. The maximum absolute atomic E-state index is 13.1. The van der Waals surface area contributed by atoms with Gasteiger partial charge in [-0.3, -0.25) is 0 Å². The molecule has 2 nitrogen and oxygen atoms in total. The summed E-state index contributed by atoms with van der Waals surface area (Å²) >= 11 is 3.18. The van der Waals surface area contributed by atoms with E-state index in [1.165, 1.54) is 12.1 Å². The SMILES string of the molecule is OC(Cc1ccco1)c1cc(F)cc(Br)c1. The standard InChI is InChI=1S/C12H10BrFO2/c13-9-4-8(5-10(14)6-9)12(15)7-11-2-1-3-16-11/h1-6,12,15H,7H2. The van der Waals surface area contributed by atoms with Gasteiger partial charge in [-0.2, -0.15) is 0 Å². The Bertz CT molecular complexity index is 448. The highest BCUT2D eigenvalue weighted by atomic mass is 79.9. The lowest BCUT2D eigenvalue weighted by molar-refractivity contribution is 0.170. The highest BCUT2D eigenvalue weighted by molar-refractivity contribution is 9.10. The number of furan rings is 1. The Kier molecular flexibility index (Phi) is 3.41. The largest absolute Gasteiger partial charge is 0.469 e. The number of rotatable bonds is 3. The molecule has 0 aliphatic carbocycles. The number of halogens is 2. The van der Waals surface area contributed by atoms with Crippen LogP contribution in [0.1, 0.15) is 17.4 Å². The average molecular weight is 285 g/mol. The van der Waals surface area contributed by atoms with Crippen LogP contribution in [0.25, 0.3) is 0 Å². The van der Waals surface area contributed by atoms with E-state index in [0.29, 0.717) is 22.2 Å². The zero-order valence-electron chi connectivity index (χ0n) is 8.36. The van der Waals surface area contributed by atoms with Crippen LogP contribution >= 0.6 is 15.9 Å². The lowest BCUT2D eigenvalue weighted by Crippen LogP contribution is -2.01. The fourth-order valence-electron chi connectivity index (χ4n) is 1.50. The first kappa shape index (κ1) is 11.4. The number of benzene rings is 1. The summed E-state index contributed by atoms with van der Waals surface area (Å²) in [6.45, 7) is 0. The van der Waals surface area contributed by atoms with Crippen LogP contribution in [0, 0.1) is 5.82 Å². The molecule has 0 radical (unpaired) electrons. The van der Waals surface area contributed by atoms with Crippen molar-refractivity contribution in [1.82, 2.24) is 0 Å². The first-order valence-corrected chi connectivity index (χ1v) is 5.61. The van der Waals surface area contributed by atoms with E-state index >= 15 is 0 Å². The monoisotopic (exact) mass is 284 g/mol. The molecule has 1 aromatic carbocycles. The van der Waals surface area contributed by atoms with Crippen LogP contribution in [-0.4, -0.2) is 5.11 Å². The summed E-state index contributed by atoms with van der Waals surface area (Å²) in [6, 6.07) is 7.89. The first-order valence-electron chi connectivity index (χ1n) is 4.81. The lowest BCUT2D eigenvalue weighted by Gasteiger charge is -2.09. The molecule has 0 spiro atoms. The molecule has 0 saturated heterocycles. The van der Waals surface area contributed by atoms with Crippen LogP contribution in [0.3, 0.4) is 0 Å². The second kappa shape index (κ2) is 4.80. The Hall–Kier alpha value is -1.13. The van der Waals surface area contributed by atoms with Crippen molar-refractivity contribution in [3.05, 3.63) is 58.2 Å². The van der Waals surface area contributed by atoms with E-state index in [2.05, 4.69) is 15.9 Å². The molecule has 0 aliphatic rings. The third kappa shape index (κ3) is 2.71. The Morgan fingerprint density at radius 3 is 2.81 bits per heavy atom. The van der Waals surface area contributed by atoms with Gasteiger partial charge in [-0.05, 0) is 35.9 Å². The molecular formula is C12H10BrFO2. The average Bonchev–Trinajstić information content (AvgIpc) is 2.68. The summed E-state index contributed by atoms with van der Waals surface area (Å²) in [6.07, 6.45) is 1.12. The Balaban J connectivity index is 2.17. The van der Waals surface area contributed by atoms with Gasteiger partial charge in [-0.1, -0.05) is 15.9 Å². The van der Waals surface area contributed by atoms with Crippen molar-refractivity contribution in [2.75, 3.05) is 0 Å². The molecule has 1 unspecified atom stereocenters. The second-order valence-corrected chi connectivity index (χ2v) is 4.42. The summed E-state index contributed by atoms with van der Waals surface area (Å²) in [5.74, 6) is 0.302. The van der Waals surface area contributed by atoms with Crippen molar-refractivity contribution in [2.45, 2.75) is 12.5 Å². The minimum Gasteiger partial charge on any atom is -0.469 e. The van der Waals surface area contributed by atoms with Gasteiger partial charge in [-0.25, -0.2) is 4.39 Å². The van der Waals surface area contributed by atoms with Gasteiger partial charge in [0.1, 0.15) is 11.6 Å². The summed E-state index contributed by atoms with van der Waals surface area (Å²) in [5.41, 5.74) is 0.531. The van der Waals surface area contributed by atoms with E-state index in [1.54, 1.807) is 24.5 Å². The van der Waals surface area contributed by atoms with Crippen molar-refractivity contribution in [3.8, 4) is 0 Å². The molecule has 1 N–H and O–H groups in total. The van der Waals surface area contributed by atoms with Crippen LogP contribution in [0.15, 0.2) is 45.5 Å². The molecule has 0 bridgehead atoms. The lowest BCUT2D eigenvalue weighted by atomic mass is 10.1. The van der Waals surface area contributed by atoms with Gasteiger partial charge in [0.25, 0.3) is 0 Å². The maximum Gasteiger partial charge on any atom is 0.124 e. The maximum atomic E-state index is 13.1. The fourth-order valence-corrected chi connectivity index (χ4v) is 1.99. The van der Waals surface area contributed by atoms with Crippen LogP contribution in [0.4, 0.5) is 4.39 Å². The second-order valence-electron chi connectivity index (χ2n) is 3.50. The molecule has 2 rings (SSSR count). The number of hydrogen-bond acceptors (Lipinski definition) is 2. The zero-order chi connectivity index (χ0) is 11.5. The predicted molar refractivity (Wildman–Crippen MR) is 61.5 cm³/mol. The summed E-state index contributed by atoms with van der Waals surface area (Å²) in [4.78, 5) is 0. The van der Waals surface area contributed by atoms with E-state index in [-0.39, 0.29) is 5.82 Å². The van der Waals surface area contributed by atoms with Gasteiger partial charge in [0.15, 0.2) is 0 Å². The third-order valence-electron chi connectivity index (χ3n) is 2.24. The molecule has 84 valence electrons. The van der Waals surface area contributed by atoms with Crippen LogP contribution in [0.5, 0.6) is 0 Å². The van der Waals surface area contributed by atoms with E-state index in [1.807, 2.05) is 0 Å². The topological polar surface area (TPSA) is 33.4 Å². The smallest absolute Gasteiger partial charge is 0.124 e. The normalized spacial score (nSPS) is 12.7. The Morgan fingerprint density at radius 2 is 2.19 bits per heavy atom. The van der Waals surface area contributed by atoms with Gasteiger partial charge >= 0.3 is 0 Å². The minimum atomic E-state index is -0.766. The van der Waals surface area contributed by atoms with Crippen molar-refractivity contribution < 1.29 is 13.9 Å². The molecule has 0 fully saturated rings. The number of aliphatic hydroxyl groups excluding tert-OH is 1. The molecule has 1 atom stereocenters. The number of hydrogen-bond donors (Lipinski definition) is 1. The summed E-state index contributed by atoms with van der Waals surface area (Å²) < 4.78 is 18.8. The summed E-state index contributed by atoms with van der Waals surface area (Å²) in [7, 11) is 0. The molecule has 1 aromatic heterocycles. The van der Waals surface area contributed by atoms with E-state index in [0.717, 1.165) is 0 Å². The molecular weight excluding hydrogens is 275 g/mol. The van der Waals surface area contributed by atoms with Gasteiger partial charge < -0.3 is 9.52 Å². The Morgan fingerprint density at radius 1 is 1.38 bits per heavy atom. The fraction of sp³-hybridized carbons (Fsp3) is 0.167. The molecule has 16 heavy (non-hydrogen) atoms. The van der Waals surface area contributed by atoms with Gasteiger partial charge in [0.2, 0.25) is 0 Å². The van der Waals surface area contributed by atoms with Crippen molar-refractivity contribution in [1.29, 1.82) is 0 Å². The van der Waals surface area contributed by atoms with Gasteiger partial charge in [0, 0.05) is 10.9 Å². The van der Waals surface area contributed by atoms with E-state index < -0.39 is 6.10 Å². The summed E-state index contributed by atoms with van der Waals surface area (Å²) in [5, 5.41) is 9.89. The van der Waals surface area contributed by atoms with Gasteiger partial charge in [0.05, 0.1) is 12.4 Å². The van der Waals surface area contributed by atoms with Crippen LogP contribution in [-0.2, 0) is 6.42 Å². The third-order valence-corrected chi connectivity index (χ3v) is 2.70. The van der Waals surface area contributed by atoms with Crippen molar-refractivity contribution >= 4 is 15.9 Å². The highest BCUT2D eigenvalue weighted by Crippen LogP contribution is 2.23. The zero-order valence-corrected chi connectivity index (χ0v) is 9.95. The molecule has 2 aromatic rings.